The van der Waals surface area contributed by atoms with Gasteiger partial charge in [0, 0.05) is 30.7 Å². The third-order valence-electron chi connectivity index (χ3n) is 4.31. The molecule has 0 bridgehead atoms. The third-order valence-corrected chi connectivity index (χ3v) is 4.31. The maximum Gasteiger partial charge on any atom is 0.0125 e. The van der Waals surface area contributed by atoms with Gasteiger partial charge in [-0.1, -0.05) is 26.7 Å². The van der Waals surface area contributed by atoms with Crippen LogP contribution in [-0.2, 0) is 0 Å². The summed E-state index contributed by atoms with van der Waals surface area (Å²) in [6.07, 6.45) is 7.96. The van der Waals surface area contributed by atoms with Crippen molar-refractivity contribution in [2.45, 2.75) is 90.8 Å². The molecule has 1 saturated heterocycles. The van der Waals surface area contributed by atoms with Crippen molar-refractivity contribution in [3.63, 3.8) is 0 Å². The molecule has 0 amide bonds. The predicted octanol–water partition coefficient (Wildman–Crippen LogP) is 3.81. The van der Waals surface area contributed by atoms with Gasteiger partial charge in [0.2, 0.25) is 0 Å². The summed E-state index contributed by atoms with van der Waals surface area (Å²) < 4.78 is 0. The number of nitrogens with zero attached hydrogens (tertiary/aromatic N) is 1. The number of hydrogen-bond acceptors (Lipinski definition) is 2. The van der Waals surface area contributed by atoms with Crippen LogP contribution in [0.1, 0.15) is 73.1 Å². The van der Waals surface area contributed by atoms with Crippen LogP contribution >= 0.6 is 0 Å². The second kappa shape index (κ2) is 7.49. The molecule has 0 aromatic rings. The fourth-order valence-electron chi connectivity index (χ4n) is 2.91. The number of nitrogens with one attached hydrogen (secondary N) is 1. The van der Waals surface area contributed by atoms with Crippen molar-refractivity contribution in [2.75, 3.05) is 13.1 Å². The topological polar surface area (TPSA) is 15.3 Å². The van der Waals surface area contributed by atoms with Gasteiger partial charge in [0.05, 0.1) is 0 Å². The van der Waals surface area contributed by atoms with Gasteiger partial charge in [0.1, 0.15) is 0 Å². The SMILES string of the molecule is CCCCC(CC)NC1CCN(C(C)(C)C)CC1. The van der Waals surface area contributed by atoms with Gasteiger partial charge >= 0.3 is 0 Å². The normalized spacial score (nSPS) is 21.2. The van der Waals surface area contributed by atoms with Crippen molar-refractivity contribution in [2.24, 2.45) is 0 Å². The summed E-state index contributed by atoms with van der Waals surface area (Å²) in [5, 5.41) is 3.89. The van der Waals surface area contributed by atoms with E-state index in [-0.39, 0.29) is 0 Å². The van der Waals surface area contributed by atoms with Crippen molar-refractivity contribution in [3.8, 4) is 0 Å². The highest BCUT2D eigenvalue weighted by Crippen LogP contribution is 2.21. The van der Waals surface area contributed by atoms with E-state index < -0.39 is 0 Å². The Bertz CT molecular complexity index is 212. The van der Waals surface area contributed by atoms with Gasteiger partial charge in [-0.15, -0.1) is 0 Å². The van der Waals surface area contributed by atoms with Gasteiger partial charge in [0.25, 0.3) is 0 Å². The molecule has 0 aromatic heterocycles. The van der Waals surface area contributed by atoms with Gasteiger partial charge in [0.15, 0.2) is 0 Å². The standard InChI is InChI=1S/C16H34N2/c1-6-8-9-14(7-2)17-15-10-12-18(13-11-15)16(3,4)5/h14-15,17H,6-13H2,1-5H3. The molecule has 108 valence electrons. The third kappa shape index (κ3) is 5.27. The van der Waals surface area contributed by atoms with Gasteiger partial charge < -0.3 is 5.32 Å². The molecule has 1 heterocycles. The van der Waals surface area contributed by atoms with Crippen LogP contribution in [0.4, 0.5) is 0 Å². The number of rotatable bonds is 6. The molecule has 1 rings (SSSR count). The maximum absolute atomic E-state index is 3.89. The summed E-state index contributed by atoms with van der Waals surface area (Å²) in [4.78, 5) is 2.62. The van der Waals surface area contributed by atoms with Crippen molar-refractivity contribution >= 4 is 0 Å². The van der Waals surface area contributed by atoms with Gasteiger partial charge in [-0.3, -0.25) is 4.90 Å². The first-order valence-corrected chi connectivity index (χ1v) is 7.98. The monoisotopic (exact) mass is 254 g/mol. The zero-order valence-corrected chi connectivity index (χ0v) is 13.3. The summed E-state index contributed by atoms with van der Waals surface area (Å²) in [5.41, 5.74) is 0.345. The van der Waals surface area contributed by atoms with Crippen molar-refractivity contribution in [1.82, 2.24) is 10.2 Å². The molecule has 2 heteroatoms. The second-order valence-electron chi connectivity index (χ2n) is 6.85. The summed E-state index contributed by atoms with van der Waals surface area (Å²) >= 11 is 0. The van der Waals surface area contributed by atoms with Crippen LogP contribution in [0.2, 0.25) is 0 Å². The molecule has 1 unspecified atom stereocenters. The molecule has 1 atom stereocenters. The van der Waals surface area contributed by atoms with Crippen LogP contribution in [-0.4, -0.2) is 35.6 Å². The van der Waals surface area contributed by atoms with E-state index in [0.717, 1.165) is 12.1 Å². The molecule has 0 aliphatic carbocycles. The average molecular weight is 254 g/mol. The second-order valence-corrected chi connectivity index (χ2v) is 6.85. The average Bonchev–Trinajstić information content (AvgIpc) is 2.34. The van der Waals surface area contributed by atoms with Crippen LogP contribution in [0.15, 0.2) is 0 Å². The maximum atomic E-state index is 3.89. The Morgan fingerprint density at radius 2 is 1.78 bits per heavy atom. The van der Waals surface area contributed by atoms with E-state index in [4.69, 9.17) is 0 Å². The minimum Gasteiger partial charge on any atom is -0.311 e. The Kier molecular flexibility index (Phi) is 6.65. The summed E-state index contributed by atoms with van der Waals surface area (Å²) in [5.74, 6) is 0. The number of likely N-dealkylation sites (tertiary alicyclic amines) is 1. The fourth-order valence-corrected chi connectivity index (χ4v) is 2.91. The minimum atomic E-state index is 0.345. The smallest absolute Gasteiger partial charge is 0.0125 e. The van der Waals surface area contributed by atoms with Gasteiger partial charge in [-0.25, -0.2) is 0 Å². The van der Waals surface area contributed by atoms with Crippen LogP contribution in [0.5, 0.6) is 0 Å². The Morgan fingerprint density at radius 1 is 1.17 bits per heavy atom. The van der Waals surface area contributed by atoms with Crippen LogP contribution in [0.3, 0.4) is 0 Å². The van der Waals surface area contributed by atoms with E-state index in [9.17, 15) is 0 Å². The summed E-state index contributed by atoms with van der Waals surface area (Å²) in [6, 6.07) is 1.50. The molecule has 1 N–H and O–H groups in total. The van der Waals surface area contributed by atoms with Crippen LogP contribution < -0.4 is 5.32 Å². The molecule has 0 saturated carbocycles. The fraction of sp³-hybridized carbons (Fsp3) is 1.00. The predicted molar refractivity (Wildman–Crippen MR) is 81.1 cm³/mol. The zero-order chi connectivity index (χ0) is 13.6. The molecular weight excluding hydrogens is 220 g/mol. The van der Waals surface area contributed by atoms with Crippen molar-refractivity contribution in [1.29, 1.82) is 0 Å². The van der Waals surface area contributed by atoms with E-state index in [0.29, 0.717) is 5.54 Å². The van der Waals surface area contributed by atoms with Gasteiger partial charge in [-0.2, -0.15) is 0 Å². The Morgan fingerprint density at radius 3 is 2.22 bits per heavy atom. The van der Waals surface area contributed by atoms with E-state index in [1.54, 1.807) is 0 Å². The molecule has 0 spiro atoms. The zero-order valence-electron chi connectivity index (χ0n) is 13.3. The molecule has 18 heavy (non-hydrogen) atoms. The van der Waals surface area contributed by atoms with Crippen LogP contribution in [0, 0.1) is 0 Å². The van der Waals surface area contributed by atoms with Gasteiger partial charge in [-0.05, 0) is 46.5 Å². The molecule has 1 fully saturated rings. The Balaban J connectivity index is 2.29. The van der Waals surface area contributed by atoms with Crippen LogP contribution in [0.25, 0.3) is 0 Å². The van der Waals surface area contributed by atoms with E-state index >= 15 is 0 Å². The lowest BCUT2D eigenvalue weighted by atomic mass is 9.96. The molecule has 0 radical (unpaired) electrons. The summed E-state index contributed by atoms with van der Waals surface area (Å²) in [7, 11) is 0. The van der Waals surface area contributed by atoms with E-state index in [2.05, 4.69) is 44.8 Å². The Labute approximate surface area is 115 Å². The highest BCUT2D eigenvalue weighted by molar-refractivity contribution is 4.85. The molecular formula is C16H34N2. The quantitative estimate of drug-likeness (QED) is 0.775. The number of piperidine rings is 1. The molecule has 0 aromatic carbocycles. The van der Waals surface area contributed by atoms with E-state index in [1.165, 1.54) is 51.6 Å². The first-order chi connectivity index (χ1) is 8.47. The van der Waals surface area contributed by atoms with Crippen molar-refractivity contribution in [3.05, 3.63) is 0 Å². The molecule has 2 nitrogen and oxygen atoms in total. The minimum absolute atomic E-state index is 0.345. The molecule has 1 aliphatic rings. The summed E-state index contributed by atoms with van der Waals surface area (Å²) in [6.45, 7) is 14.1. The highest BCUT2D eigenvalue weighted by atomic mass is 15.2. The van der Waals surface area contributed by atoms with Crippen molar-refractivity contribution < 1.29 is 0 Å². The first-order valence-electron chi connectivity index (χ1n) is 7.98. The number of hydrogen-bond donors (Lipinski definition) is 1. The Hall–Kier alpha value is -0.0800. The number of unbranched alkanes of at least 4 members (excludes halogenated alkanes) is 1. The lowest BCUT2D eigenvalue weighted by Gasteiger charge is -2.41. The highest BCUT2D eigenvalue weighted by Gasteiger charge is 2.27. The first kappa shape index (κ1) is 16.0. The lowest BCUT2D eigenvalue weighted by molar-refractivity contribution is 0.0932. The molecule has 1 aliphatic heterocycles. The lowest BCUT2D eigenvalue weighted by Crippen LogP contribution is -2.51. The largest absolute Gasteiger partial charge is 0.311 e. The van der Waals surface area contributed by atoms with E-state index in [1.807, 2.05) is 0 Å².